The van der Waals surface area contributed by atoms with E-state index >= 15 is 0 Å². The van der Waals surface area contributed by atoms with Gasteiger partial charge in [0.2, 0.25) is 0 Å². The molecule has 0 spiro atoms. The van der Waals surface area contributed by atoms with Crippen LogP contribution in [0, 0.1) is 0 Å². The molecule has 4 nitrogen and oxygen atoms in total. The van der Waals surface area contributed by atoms with Gasteiger partial charge in [0.25, 0.3) is 5.91 Å². The monoisotopic (exact) mass is 205 g/mol. The third kappa shape index (κ3) is 2.27. The zero-order valence-corrected chi connectivity index (χ0v) is 8.57. The highest BCUT2D eigenvalue weighted by Crippen LogP contribution is 2.10. The highest BCUT2D eigenvalue weighted by atomic mass is 16.2. The number of nitrogens with one attached hydrogen (secondary N) is 1. The van der Waals surface area contributed by atoms with Crippen LogP contribution in [-0.2, 0) is 0 Å². The van der Waals surface area contributed by atoms with Gasteiger partial charge >= 0.3 is 0 Å². The lowest BCUT2D eigenvalue weighted by Gasteiger charge is -2.27. The maximum Gasteiger partial charge on any atom is 0.254 e. The molecule has 1 aromatic rings. The van der Waals surface area contributed by atoms with Gasteiger partial charge in [0.05, 0.1) is 0 Å². The van der Waals surface area contributed by atoms with Crippen LogP contribution in [0.1, 0.15) is 10.4 Å². The van der Waals surface area contributed by atoms with E-state index in [4.69, 9.17) is 5.73 Å². The van der Waals surface area contributed by atoms with Crippen LogP contribution in [0.2, 0.25) is 0 Å². The van der Waals surface area contributed by atoms with Gasteiger partial charge in [0, 0.05) is 37.4 Å². The number of piperazine rings is 1. The Morgan fingerprint density at radius 3 is 2.73 bits per heavy atom. The van der Waals surface area contributed by atoms with Crippen LogP contribution in [0.3, 0.4) is 0 Å². The van der Waals surface area contributed by atoms with Crippen molar-refractivity contribution in [2.45, 2.75) is 0 Å². The number of carbonyl (C=O) groups excluding carboxylic acids is 1. The second-order valence-corrected chi connectivity index (χ2v) is 3.67. The van der Waals surface area contributed by atoms with E-state index in [0.717, 1.165) is 26.2 Å². The van der Waals surface area contributed by atoms with Gasteiger partial charge in [0.15, 0.2) is 0 Å². The molecule has 1 aliphatic heterocycles. The molecule has 0 unspecified atom stereocenters. The molecule has 0 aliphatic carbocycles. The van der Waals surface area contributed by atoms with E-state index in [9.17, 15) is 4.79 Å². The first-order chi connectivity index (χ1) is 7.27. The van der Waals surface area contributed by atoms with Gasteiger partial charge in [-0.2, -0.15) is 0 Å². The Labute approximate surface area is 89.1 Å². The van der Waals surface area contributed by atoms with Crippen molar-refractivity contribution in [2.24, 2.45) is 0 Å². The van der Waals surface area contributed by atoms with Crippen molar-refractivity contribution in [1.29, 1.82) is 0 Å². The lowest BCUT2D eigenvalue weighted by atomic mass is 10.1. The van der Waals surface area contributed by atoms with Crippen molar-refractivity contribution < 1.29 is 4.79 Å². The van der Waals surface area contributed by atoms with Crippen molar-refractivity contribution in [3.05, 3.63) is 29.8 Å². The first-order valence-corrected chi connectivity index (χ1v) is 5.13. The zero-order valence-electron chi connectivity index (χ0n) is 8.57. The third-order valence-electron chi connectivity index (χ3n) is 2.54. The van der Waals surface area contributed by atoms with Gasteiger partial charge in [-0.15, -0.1) is 0 Å². The van der Waals surface area contributed by atoms with Gasteiger partial charge in [-0.3, -0.25) is 4.79 Å². The van der Waals surface area contributed by atoms with Crippen LogP contribution >= 0.6 is 0 Å². The zero-order chi connectivity index (χ0) is 10.7. The molecule has 0 aromatic heterocycles. The fourth-order valence-corrected chi connectivity index (χ4v) is 1.72. The molecule has 80 valence electrons. The van der Waals surface area contributed by atoms with Crippen LogP contribution in [0.4, 0.5) is 5.69 Å². The molecule has 15 heavy (non-hydrogen) atoms. The Morgan fingerprint density at radius 2 is 2.07 bits per heavy atom. The number of amides is 1. The van der Waals surface area contributed by atoms with Crippen molar-refractivity contribution >= 4 is 11.6 Å². The normalized spacial score (nSPS) is 16.4. The summed E-state index contributed by atoms with van der Waals surface area (Å²) in [6, 6.07) is 7.13. The van der Waals surface area contributed by atoms with Gasteiger partial charge in [0.1, 0.15) is 0 Å². The van der Waals surface area contributed by atoms with Gasteiger partial charge < -0.3 is 16.0 Å². The highest BCUT2D eigenvalue weighted by molar-refractivity contribution is 5.95. The summed E-state index contributed by atoms with van der Waals surface area (Å²) in [6.45, 7) is 3.28. The summed E-state index contributed by atoms with van der Waals surface area (Å²) in [6.07, 6.45) is 0. The van der Waals surface area contributed by atoms with E-state index in [1.54, 1.807) is 18.2 Å². The smallest absolute Gasteiger partial charge is 0.254 e. The molecule has 1 heterocycles. The maximum absolute atomic E-state index is 12.0. The molecule has 0 radical (unpaired) electrons. The second kappa shape index (κ2) is 4.31. The molecule has 3 N–H and O–H groups in total. The number of benzene rings is 1. The molecule has 0 bridgehead atoms. The number of hydrogen-bond donors (Lipinski definition) is 2. The highest BCUT2D eigenvalue weighted by Gasteiger charge is 2.17. The topological polar surface area (TPSA) is 58.4 Å². The third-order valence-corrected chi connectivity index (χ3v) is 2.54. The summed E-state index contributed by atoms with van der Waals surface area (Å²) in [4.78, 5) is 13.8. The first kappa shape index (κ1) is 9.98. The van der Waals surface area contributed by atoms with E-state index in [1.165, 1.54) is 0 Å². The van der Waals surface area contributed by atoms with E-state index in [0.29, 0.717) is 11.3 Å². The lowest BCUT2D eigenvalue weighted by Crippen LogP contribution is -2.46. The number of nitrogens with zero attached hydrogens (tertiary/aromatic N) is 1. The van der Waals surface area contributed by atoms with E-state index in [2.05, 4.69) is 5.32 Å². The number of hydrogen-bond acceptors (Lipinski definition) is 3. The molecule has 1 saturated heterocycles. The Hall–Kier alpha value is -1.55. The minimum Gasteiger partial charge on any atom is -0.399 e. The quantitative estimate of drug-likeness (QED) is 0.649. The average Bonchev–Trinajstić information content (AvgIpc) is 2.29. The van der Waals surface area contributed by atoms with Gasteiger partial charge in [-0.25, -0.2) is 0 Å². The van der Waals surface area contributed by atoms with E-state index in [1.807, 2.05) is 11.0 Å². The number of rotatable bonds is 1. The summed E-state index contributed by atoms with van der Waals surface area (Å²) in [5.74, 6) is 0.0730. The Morgan fingerprint density at radius 1 is 1.33 bits per heavy atom. The molecule has 0 saturated carbocycles. The molecular formula is C11H15N3O. The van der Waals surface area contributed by atoms with Crippen LogP contribution in [0.15, 0.2) is 24.3 Å². The Bertz CT molecular complexity index is 359. The average molecular weight is 205 g/mol. The summed E-state index contributed by atoms with van der Waals surface area (Å²) in [5, 5.41) is 3.21. The summed E-state index contributed by atoms with van der Waals surface area (Å²) in [7, 11) is 0. The summed E-state index contributed by atoms with van der Waals surface area (Å²) >= 11 is 0. The number of nitrogen functional groups attached to an aromatic ring is 1. The molecule has 1 fully saturated rings. The minimum absolute atomic E-state index is 0.0730. The molecule has 1 aromatic carbocycles. The molecular weight excluding hydrogens is 190 g/mol. The van der Waals surface area contributed by atoms with Crippen LogP contribution < -0.4 is 11.1 Å². The standard InChI is InChI=1S/C11H15N3O/c12-10-3-1-2-9(8-10)11(15)14-6-4-13-5-7-14/h1-3,8,13H,4-7,12H2. The van der Waals surface area contributed by atoms with Crippen molar-refractivity contribution in [3.8, 4) is 0 Å². The minimum atomic E-state index is 0.0730. The van der Waals surface area contributed by atoms with Crippen LogP contribution in [0.5, 0.6) is 0 Å². The molecule has 0 atom stereocenters. The van der Waals surface area contributed by atoms with E-state index in [-0.39, 0.29) is 5.91 Å². The SMILES string of the molecule is Nc1cccc(C(=O)N2CCNCC2)c1. The lowest BCUT2D eigenvalue weighted by molar-refractivity contribution is 0.0736. The molecule has 2 rings (SSSR count). The molecule has 1 aliphatic rings. The number of anilines is 1. The first-order valence-electron chi connectivity index (χ1n) is 5.13. The van der Waals surface area contributed by atoms with Crippen LogP contribution in [0.25, 0.3) is 0 Å². The fraction of sp³-hybridized carbons (Fsp3) is 0.364. The Kier molecular flexibility index (Phi) is 2.87. The predicted molar refractivity (Wildman–Crippen MR) is 59.6 cm³/mol. The van der Waals surface area contributed by atoms with E-state index < -0.39 is 0 Å². The second-order valence-electron chi connectivity index (χ2n) is 3.67. The van der Waals surface area contributed by atoms with Crippen molar-refractivity contribution in [3.63, 3.8) is 0 Å². The largest absolute Gasteiger partial charge is 0.399 e. The predicted octanol–water partition coefficient (Wildman–Crippen LogP) is 0.314. The maximum atomic E-state index is 12.0. The van der Waals surface area contributed by atoms with Crippen molar-refractivity contribution in [1.82, 2.24) is 10.2 Å². The van der Waals surface area contributed by atoms with Gasteiger partial charge in [-0.05, 0) is 18.2 Å². The summed E-state index contributed by atoms with van der Waals surface area (Å²) < 4.78 is 0. The number of nitrogens with two attached hydrogens (primary N) is 1. The number of carbonyl (C=O) groups is 1. The van der Waals surface area contributed by atoms with Crippen LogP contribution in [-0.4, -0.2) is 37.0 Å². The molecule has 1 amide bonds. The Balaban J connectivity index is 2.12. The van der Waals surface area contributed by atoms with Gasteiger partial charge in [-0.1, -0.05) is 6.07 Å². The fourth-order valence-electron chi connectivity index (χ4n) is 1.72. The van der Waals surface area contributed by atoms with Crippen molar-refractivity contribution in [2.75, 3.05) is 31.9 Å². The molecule has 4 heteroatoms. The summed E-state index contributed by atoms with van der Waals surface area (Å²) in [5.41, 5.74) is 6.96.